The van der Waals surface area contributed by atoms with E-state index < -0.39 is 17.3 Å². The molecule has 8 nitrogen and oxygen atoms in total. The highest BCUT2D eigenvalue weighted by molar-refractivity contribution is 5.95. The molecule has 2 aliphatic rings. The van der Waals surface area contributed by atoms with E-state index in [1.165, 1.54) is 10.7 Å². The maximum atomic E-state index is 13.3. The number of nitrogens with zero attached hydrogens (tertiary/aromatic N) is 5. The van der Waals surface area contributed by atoms with Crippen LogP contribution in [0.1, 0.15) is 30.9 Å². The zero-order valence-corrected chi connectivity index (χ0v) is 16.5. The van der Waals surface area contributed by atoms with Crippen molar-refractivity contribution in [1.82, 2.24) is 25.5 Å². The second-order valence-corrected chi connectivity index (χ2v) is 7.49. The fourth-order valence-electron chi connectivity index (χ4n) is 3.89. The number of allylic oxidation sites excluding steroid dienone is 1. The Bertz CT molecular complexity index is 994. The van der Waals surface area contributed by atoms with Crippen molar-refractivity contribution in [2.45, 2.75) is 38.0 Å². The number of fused-ring (bicyclic) bond motifs is 1. The summed E-state index contributed by atoms with van der Waals surface area (Å²) in [5.74, 6) is 0.155. The second kappa shape index (κ2) is 7.38. The largest absolute Gasteiger partial charge is 0.416 e. The predicted octanol–water partition coefficient (Wildman–Crippen LogP) is 2.24. The van der Waals surface area contributed by atoms with Crippen molar-refractivity contribution < 1.29 is 22.7 Å². The molecule has 2 aromatic rings. The van der Waals surface area contributed by atoms with Gasteiger partial charge < -0.3 is 15.0 Å². The van der Waals surface area contributed by atoms with E-state index in [0.717, 1.165) is 12.1 Å². The molecule has 1 fully saturated rings. The third-order valence-electron chi connectivity index (χ3n) is 5.78. The van der Waals surface area contributed by atoms with Gasteiger partial charge in [-0.1, -0.05) is 17.2 Å². The minimum absolute atomic E-state index is 0.180. The minimum atomic E-state index is -4.46. The van der Waals surface area contributed by atoms with Crippen molar-refractivity contribution in [3.63, 3.8) is 0 Å². The van der Waals surface area contributed by atoms with Crippen LogP contribution in [0.2, 0.25) is 0 Å². The zero-order valence-electron chi connectivity index (χ0n) is 16.5. The monoisotopic (exact) mass is 422 g/mol. The number of hydrogen-bond donors (Lipinski definition) is 1. The van der Waals surface area contributed by atoms with Crippen LogP contribution in [-0.4, -0.2) is 46.4 Å². The van der Waals surface area contributed by atoms with Gasteiger partial charge in [0.25, 0.3) is 5.91 Å². The second-order valence-electron chi connectivity index (χ2n) is 7.49. The Labute approximate surface area is 170 Å². The predicted molar refractivity (Wildman–Crippen MR) is 100 cm³/mol. The summed E-state index contributed by atoms with van der Waals surface area (Å²) >= 11 is 0. The highest BCUT2D eigenvalue weighted by Gasteiger charge is 2.40. The van der Waals surface area contributed by atoms with Gasteiger partial charge in [0.05, 0.1) is 23.2 Å². The van der Waals surface area contributed by atoms with Gasteiger partial charge in [-0.05, 0) is 47.9 Å². The number of hydrogen-bond acceptors (Lipinski definition) is 6. The van der Waals surface area contributed by atoms with Gasteiger partial charge in [-0.3, -0.25) is 4.79 Å². The Kier molecular flexibility index (Phi) is 5.00. The van der Waals surface area contributed by atoms with Crippen LogP contribution in [0.4, 0.5) is 19.1 Å². The first-order chi connectivity index (χ1) is 14.2. The number of aromatic nitrogens is 4. The molecule has 0 atom stereocenters. The lowest BCUT2D eigenvalue weighted by Gasteiger charge is -2.39. The molecule has 160 valence electrons. The lowest BCUT2D eigenvalue weighted by molar-refractivity contribution is -0.137. The summed E-state index contributed by atoms with van der Waals surface area (Å²) in [6.07, 6.45) is -3.72. The Morgan fingerprint density at radius 3 is 2.70 bits per heavy atom. The molecule has 0 bridgehead atoms. The molecule has 0 unspecified atom stereocenters. The maximum Gasteiger partial charge on any atom is 0.416 e. The number of nitrogens with one attached hydrogen (secondary N) is 1. The van der Waals surface area contributed by atoms with Gasteiger partial charge in [-0.25, -0.2) is 4.68 Å². The van der Waals surface area contributed by atoms with Crippen molar-refractivity contribution >= 4 is 11.9 Å². The molecule has 1 saturated heterocycles. The summed E-state index contributed by atoms with van der Waals surface area (Å²) in [7, 11) is 1.75. The van der Waals surface area contributed by atoms with E-state index in [4.69, 9.17) is 4.74 Å². The number of anilines is 1. The fraction of sp³-hybridized carbons (Fsp3) is 0.474. The standard InChI is InChI=1S/C19H21F3N6O2/c1-12-15(11-28-17(27(12)2)24-25-26-28)16(29)23-18(6-8-30-9-7-18)13-4-3-5-14(10-13)19(20,21)22/h3-5,10H,6-9,11H2,1-2H3,(H,23,29). The van der Waals surface area contributed by atoms with E-state index >= 15 is 0 Å². The molecule has 1 N–H and O–H groups in total. The van der Waals surface area contributed by atoms with E-state index in [1.807, 2.05) is 0 Å². The summed E-state index contributed by atoms with van der Waals surface area (Å²) in [4.78, 5) is 15.0. The fourth-order valence-corrected chi connectivity index (χ4v) is 3.89. The summed E-state index contributed by atoms with van der Waals surface area (Å²) in [5, 5.41) is 14.5. The number of carbonyl (C=O) groups excluding carboxylic acids is 1. The molecule has 30 heavy (non-hydrogen) atoms. The number of tetrazole rings is 1. The highest BCUT2D eigenvalue weighted by atomic mass is 19.4. The summed E-state index contributed by atoms with van der Waals surface area (Å²) < 4.78 is 46.7. The number of amides is 1. The average molecular weight is 422 g/mol. The molecule has 0 aliphatic carbocycles. The van der Waals surface area contributed by atoms with Crippen LogP contribution in [0.5, 0.6) is 0 Å². The number of halogens is 3. The minimum Gasteiger partial charge on any atom is -0.381 e. The number of ether oxygens (including phenoxy) is 1. The summed E-state index contributed by atoms with van der Waals surface area (Å²) in [5.41, 5.74) is -0.148. The first-order valence-corrected chi connectivity index (χ1v) is 9.49. The molecular formula is C19H21F3N6O2. The number of carbonyl (C=O) groups is 1. The molecule has 1 amide bonds. The summed E-state index contributed by atoms with van der Waals surface area (Å²) in [6, 6.07) is 5.13. The van der Waals surface area contributed by atoms with Crippen molar-refractivity contribution in [2.75, 3.05) is 25.2 Å². The van der Waals surface area contributed by atoms with Gasteiger partial charge in [0.2, 0.25) is 5.95 Å². The van der Waals surface area contributed by atoms with Crippen LogP contribution in [0, 0.1) is 0 Å². The molecule has 1 aromatic carbocycles. The van der Waals surface area contributed by atoms with E-state index in [-0.39, 0.29) is 12.5 Å². The van der Waals surface area contributed by atoms with Crippen LogP contribution < -0.4 is 10.2 Å². The summed E-state index contributed by atoms with van der Waals surface area (Å²) in [6.45, 7) is 2.64. The molecule has 0 spiro atoms. The van der Waals surface area contributed by atoms with Crippen molar-refractivity contribution in [3.8, 4) is 0 Å². The molecule has 1 aromatic heterocycles. The lowest BCUT2D eigenvalue weighted by Crippen LogP contribution is -2.51. The topological polar surface area (TPSA) is 85.2 Å². The van der Waals surface area contributed by atoms with Gasteiger partial charge >= 0.3 is 6.18 Å². The van der Waals surface area contributed by atoms with Crippen molar-refractivity contribution in [2.24, 2.45) is 0 Å². The van der Waals surface area contributed by atoms with E-state index in [9.17, 15) is 18.0 Å². The van der Waals surface area contributed by atoms with Gasteiger partial charge in [0, 0.05) is 26.0 Å². The van der Waals surface area contributed by atoms with Crippen LogP contribution in [0.25, 0.3) is 0 Å². The molecule has 3 heterocycles. The van der Waals surface area contributed by atoms with E-state index in [1.54, 1.807) is 24.9 Å². The van der Waals surface area contributed by atoms with E-state index in [0.29, 0.717) is 48.8 Å². The van der Waals surface area contributed by atoms with Crippen LogP contribution in [-0.2, 0) is 27.8 Å². The number of alkyl halides is 3. The first kappa shape index (κ1) is 20.3. The highest BCUT2D eigenvalue weighted by Crippen LogP contribution is 2.37. The Balaban J connectivity index is 1.67. The van der Waals surface area contributed by atoms with Crippen molar-refractivity contribution in [3.05, 3.63) is 46.7 Å². The first-order valence-electron chi connectivity index (χ1n) is 9.49. The number of rotatable bonds is 3. The maximum absolute atomic E-state index is 13.3. The zero-order chi connectivity index (χ0) is 21.5. The van der Waals surface area contributed by atoms with Gasteiger partial charge in [-0.15, -0.1) is 0 Å². The smallest absolute Gasteiger partial charge is 0.381 e. The molecular weight excluding hydrogens is 401 g/mol. The van der Waals surface area contributed by atoms with Crippen LogP contribution in [0.3, 0.4) is 0 Å². The quantitative estimate of drug-likeness (QED) is 0.817. The number of benzene rings is 1. The molecule has 0 saturated carbocycles. The van der Waals surface area contributed by atoms with Gasteiger partial charge in [0.15, 0.2) is 0 Å². The third kappa shape index (κ3) is 3.53. The van der Waals surface area contributed by atoms with E-state index in [2.05, 4.69) is 20.8 Å². The Morgan fingerprint density at radius 1 is 1.27 bits per heavy atom. The molecule has 4 rings (SSSR count). The van der Waals surface area contributed by atoms with Gasteiger partial charge in [0.1, 0.15) is 0 Å². The van der Waals surface area contributed by atoms with Crippen LogP contribution >= 0.6 is 0 Å². The Morgan fingerprint density at radius 2 is 2.00 bits per heavy atom. The third-order valence-corrected chi connectivity index (χ3v) is 5.78. The Hall–Kier alpha value is -2.95. The average Bonchev–Trinajstić information content (AvgIpc) is 3.19. The lowest BCUT2D eigenvalue weighted by atomic mass is 9.81. The SMILES string of the molecule is CC1=C(C(=O)NC2(c3cccc(C(F)(F)F)c3)CCOCC2)Cn2nnnc2N1C. The van der Waals surface area contributed by atoms with Crippen LogP contribution in [0.15, 0.2) is 35.5 Å². The normalized spacial score (nSPS) is 18.9. The molecule has 11 heteroatoms. The van der Waals surface area contributed by atoms with Gasteiger partial charge in [-0.2, -0.15) is 13.2 Å². The van der Waals surface area contributed by atoms with Crippen molar-refractivity contribution in [1.29, 1.82) is 0 Å². The molecule has 2 aliphatic heterocycles. The molecule has 0 radical (unpaired) electrons.